The molecule has 1 saturated heterocycles. The molecule has 2 amide bonds. The topological polar surface area (TPSA) is 75.4 Å². The number of carbonyl (C=O) groups is 2. The standard InChI is InChI=1S/C20H24ClN3O3/c1-13-7-9-24(10-8-13)20(26)19-14(2)27-18(23-19)12-22-17(25)11-15-3-5-16(21)6-4-15/h3-6,13H,7-12H2,1-2H3,(H,22,25). The van der Waals surface area contributed by atoms with E-state index in [0.717, 1.165) is 31.5 Å². The second-order valence-electron chi connectivity index (χ2n) is 7.07. The average molecular weight is 390 g/mol. The van der Waals surface area contributed by atoms with Gasteiger partial charge in [-0.25, -0.2) is 4.98 Å². The molecule has 2 heterocycles. The molecule has 2 aromatic rings. The summed E-state index contributed by atoms with van der Waals surface area (Å²) in [5.74, 6) is 1.23. The van der Waals surface area contributed by atoms with E-state index in [2.05, 4.69) is 17.2 Å². The molecule has 1 aromatic heterocycles. The maximum atomic E-state index is 12.7. The molecule has 1 aliphatic rings. The number of oxazole rings is 1. The van der Waals surface area contributed by atoms with Crippen LogP contribution in [-0.4, -0.2) is 34.8 Å². The van der Waals surface area contributed by atoms with Crippen molar-refractivity contribution >= 4 is 23.4 Å². The number of carbonyl (C=O) groups excluding carboxylic acids is 2. The van der Waals surface area contributed by atoms with Crippen molar-refractivity contribution in [2.24, 2.45) is 5.92 Å². The normalized spacial score (nSPS) is 15.0. The summed E-state index contributed by atoms with van der Waals surface area (Å²) in [6, 6.07) is 7.13. The third-order valence-electron chi connectivity index (χ3n) is 4.83. The van der Waals surface area contributed by atoms with E-state index >= 15 is 0 Å². The van der Waals surface area contributed by atoms with Crippen LogP contribution in [0.2, 0.25) is 5.02 Å². The monoisotopic (exact) mass is 389 g/mol. The van der Waals surface area contributed by atoms with Crippen molar-refractivity contribution in [3.63, 3.8) is 0 Å². The van der Waals surface area contributed by atoms with Crippen molar-refractivity contribution in [2.45, 2.75) is 39.7 Å². The fourth-order valence-electron chi connectivity index (χ4n) is 3.11. The van der Waals surface area contributed by atoms with Gasteiger partial charge in [0, 0.05) is 18.1 Å². The molecule has 1 fully saturated rings. The van der Waals surface area contributed by atoms with Crippen LogP contribution >= 0.6 is 11.6 Å². The van der Waals surface area contributed by atoms with Crippen molar-refractivity contribution in [3.8, 4) is 0 Å². The first-order chi connectivity index (χ1) is 12.9. The van der Waals surface area contributed by atoms with Crippen LogP contribution in [0.4, 0.5) is 0 Å². The highest BCUT2D eigenvalue weighted by Gasteiger charge is 2.26. The maximum absolute atomic E-state index is 12.7. The number of likely N-dealkylation sites (tertiary alicyclic amines) is 1. The second kappa shape index (κ2) is 8.57. The molecule has 3 rings (SSSR count). The van der Waals surface area contributed by atoms with Gasteiger partial charge in [-0.1, -0.05) is 30.7 Å². The van der Waals surface area contributed by atoms with Crippen molar-refractivity contribution in [1.82, 2.24) is 15.2 Å². The zero-order valence-electron chi connectivity index (χ0n) is 15.6. The van der Waals surface area contributed by atoms with Crippen LogP contribution in [0.3, 0.4) is 0 Å². The Balaban J connectivity index is 1.55. The number of rotatable bonds is 5. The van der Waals surface area contributed by atoms with E-state index in [4.69, 9.17) is 16.0 Å². The highest BCUT2D eigenvalue weighted by molar-refractivity contribution is 6.30. The minimum absolute atomic E-state index is 0.0955. The van der Waals surface area contributed by atoms with Gasteiger partial charge in [-0.3, -0.25) is 9.59 Å². The molecule has 7 heteroatoms. The first-order valence-electron chi connectivity index (χ1n) is 9.19. The molecular formula is C20H24ClN3O3. The van der Waals surface area contributed by atoms with Crippen molar-refractivity contribution < 1.29 is 14.0 Å². The molecule has 27 heavy (non-hydrogen) atoms. The molecule has 0 unspecified atom stereocenters. The molecule has 0 bridgehead atoms. The molecule has 6 nitrogen and oxygen atoms in total. The molecular weight excluding hydrogens is 366 g/mol. The lowest BCUT2D eigenvalue weighted by Crippen LogP contribution is -2.38. The summed E-state index contributed by atoms with van der Waals surface area (Å²) in [6.07, 6.45) is 2.26. The Labute approximate surface area is 163 Å². The summed E-state index contributed by atoms with van der Waals surface area (Å²) >= 11 is 5.84. The SMILES string of the molecule is Cc1oc(CNC(=O)Cc2ccc(Cl)cc2)nc1C(=O)N1CCC(C)CC1. The molecule has 1 aromatic carbocycles. The Morgan fingerprint density at radius 1 is 1.26 bits per heavy atom. The van der Waals surface area contributed by atoms with E-state index in [1.54, 1.807) is 19.1 Å². The van der Waals surface area contributed by atoms with E-state index in [1.807, 2.05) is 17.0 Å². The third kappa shape index (κ3) is 5.10. The predicted octanol–water partition coefficient (Wildman–Crippen LogP) is 3.37. The van der Waals surface area contributed by atoms with Crippen LogP contribution in [0.15, 0.2) is 28.7 Å². The van der Waals surface area contributed by atoms with Gasteiger partial charge in [0.1, 0.15) is 5.76 Å². The smallest absolute Gasteiger partial charge is 0.276 e. The number of aromatic nitrogens is 1. The van der Waals surface area contributed by atoms with Gasteiger partial charge >= 0.3 is 0 Å². The Bertz CT molecular complexity index is 808. The molecule has 144 valence electrons. The Kier molecular flexibility index (Phi) is 6.16. The molecule has 0 atom stereocenters. The van der Waals surface area contributed by atoms with Crippen LogP contribution in [0.25, 0.3) is 0 Å². The Hall–Kier alpha value is -2.34. The van der Waals surface area contributed by atoms with Gasteiger partial charge in [-0.15, -0.1) is 0 Å². The number of benzene rings is 1. The summed E-state index contributed by atoms with van der Waals surface area (Å²) in [5.41, 5.74) is 1.21. The van der Waals surface area contributed by atoms with Crippen LogP contribution < -0.4 is 5.32 Å². The Morgan fingerprint density at radius 3 is 2.59 bits per heavy atom. The molecule has 0 radical (unpaired) electrons. The summed E-state index contributed by atoms with van der Waals surface area (Å²) < 4.78 is 5.57. The number of nitrogens with zero attached hydrogens (tertiary/aromatic N) is 2. The first kappa shape index (κ1) is 19.4. The average Bonchev–Trinajstić information content (AvgIpc) is 3.03. The molecule has 1 N–H and O–H groups in total. The minimum Gasteiger partial charge on any atom is -0.443 e. The van der Waals surface area contributed by atoms with Crippen LogP contribution in [0.5, 0.6) is 0 Å². The highest BCUT2D eigenvalue weighted by Crippen LogP contribution is 2.20. The summed E-state index contributed by atoms with van der Waals surface area (Å²) in [7, 11) is 0. The lowest BCUT2D eigenvalue weighted by molar-refractivity contribution is -0.120. The van der Waals surface area contributed by atoms with Crippen molar-refractivity contribution in [3.05, 3.63) is 52.2 Å². The maximum Gasteiger partial charge on any atom is 0.276 e. The number of nitrogens with one attached hydrogen (secondary N) is 1. The van der Waals surface area contributed by atoms with Gasteiger partial charge in [-0.2, -0.15) is 0 Å². The van der Waals surface area contributed by atoms with Crippen molar-refractivity contribution in [2.75, 3.05) is 13.1 Å². The quantitative estimate of drug-likeness (QED) is 0.850. The summed E-state index contributed by atoms with van der Waals surface area (Å²) in [6.45, 7) is 5.58. The van der Waals surface area contributed by atoms with Crippen LogP contribution in [0.1, 0.15) is 47.5 Å². The van der Waals surface area contributed by atoms with Gasteiger partial charge in [0.15, 0.2) is 5.69 Å². The number of piperidine rings is 1. The number of hydrogen-bond donors (Lipinski definition) is 1. The van der Waals surface area contributed by atoms with E-state index in [1.165, 1.54) is 0 Å². The second-order valence-corrected chi connectivity index (χ2v) is 7.50. The Morgan fingerprint density at radius 2 is 1.93 bits per heavy atom. The van der Waals surface area contributed by atoms with Gasteiger partial charge < -0.3 is 14.6 Å². The summed E-state index contributed by atoms with van der Waals surface area (Å²) in [5, 5.41) is 3.41. The number of aryl methyl sites for hydroxylation is 1. The lowest BCUT2D eigenvalue weighted by Gasteiger charge is -2.29. The molecule has 0 spiro atoms. The van der Waals surface area contributed by atoms with E-state index in [0.29, 0.717) is 28.3 Å². The zero-order valence-corrected chi connectivity index (χ0v) is 16.4. The number of amides is 2. The highest BCUT2D eigenvalue weighted by atomic mass is 35.5. The van der Waals surface area contributed by atoms with E-state index in [-0.39, 0.29) is 24.8 Å². The molecule has 0 aliphatic carbocycles. The fourth-order valence-corrected chi connectivity index (χ4v) is 3.24. The largest absolute Gasteiger partial charge is 0.443 e. The first-order valence-corrected chi connectivity index (χ1v) is 9.57. The number of hydrogen-bond acceptors (Lipinski definition) is 4. The van der Waals surface area contributed by atoms with Crippen LogP contribution in [-0.2, 0) is 17.8 Å². The minimum atomic E-state index is -0.147. The van der Waals surface area contributed by atoms with Crippen molar-refractivity contribution in [1.29, 1.82) is 0 Å². The predicted molar refractivity (Wildman–Crippen MR) is 103 cm³/mol. The van der Waals surface area contributed by atoms with Gasteiger partial charge in [0.2, 0.25) is 11.8 Å². The third-order valence-corrected chi connectivity index (χ3v) is 5.08. The van der Waals surface area contributed by atoms with Gasteiger partial charge in [0.25, 0.3) is 5.91 Å². The lowest BCUT2D eigenvalue weighted by atomic mass is 9.99. The van der Waals surface area contributed by atoms with Gasteiger partial charge in [0.05, 0.1) is 13.0 Å². The zero-order chi connectivity index (χ0) is 19.4. The molecule has 1 aliphatic heterocycles. The summed E-state index contributed by atoms with van der Waals surface area (Å²) in [4.78, 5) is 30.9. The van der Waals surface area contributed by atoms with Crippen LogP contribution in [0, 0.1) is 12.8 Å². The fraction of sp³-hybridized carbons (Fsp3) is 0.450. The van der Waals surface area contributed by atoms with E-state index in [9.17, 15) is 9.59 Å². The van der Waals surface area contributed by atoms with E-state index < -0.39 is 0 Å². The molecule has 0 saturated carbocycles. The van der Waals surface area contributed by atoms with Gasteiger partial charge in [-0.05, 0) is 43.4 Å². The number of halogens is 1.